The van der Waals surface area contributed by atoms with Crippen LogP contribution in [0.2, 0.25) is 0 Å². The molecule has 0 radical (unpaired) electrons. The Kier molecular flexibility index (Phi) is 4.23. The zero-order valence-electron chi connectivity index (χ0n) is 8.75. The van der Waals surface area contributed by atoms with E-state index >= 15 is 0 Å². The van der Waals surface area contributed by atoms with Crippen molar-refractivity contribution < 1.29 is 9.21 Å². The van der Waals surface area contributed by atoms with Crippen molar-refractivity contribution in [2.24, 2.45) is 0 Å². The number of nitrogens with one attached hydrogen (secondary N) is 1. The number of carbonyl (C=O) groups is 1. The average molecular weight is 195 g/mol. The first kappa shape index (κ1) is 10.8. The molecule has 1 aromatic heterocycles. The van der Waals surface area contributed by atoms with Gasteiger partial charge in [0.1, 0.15) is 5.76 Å². The van der Waals surface area contributed by atoms with Crippen LogP contribution < -0.4 is 5.32 Å². The number of hydrogen-bond donors (Lipinski definition) is 1. The Balaban J connectivity index is 2.21. The summed E-state index contributed by atoms with van der Waals surface area (Å²) in [5, 5.41) is 2.91. The van der Waals surface area contributed by atoms with Gasteiger partial charge in [0, 0.05) is 18.9 Å². The summed E-state index contributed by atoms with van der Waals surface area (Å²) in [6, 6.07) is 4.05. The van der Waals surface area contributed by atoms with E-state index in [4.69, 9.17) is 4.42 Å². The van der Waals surface area contributed by atoms with Gasteiger partial charge in [-0.05, 0) is 25.5 Å². The lowest BCUT2D eigenvalue weighted by molar-refractivity contribution is -0.121. The molecular formula is C11H17NO2. The zero-order valence-corrected chi connectivity index (χ0v) is 8.75. The number of furan rings is 1. The third-order valence-corrected chi connectivity index (χ3v) is 2.13. The van der Waals surface area contributed by atoms with Gasteiger partial charge in [-0.3, -0.25) is 4.79 Å². The summed E-state index contributed by atoms with van der Waals surface area (Å²) in [5.74, 6) is 1.08. The highest BCUT2D eigenvalue weighted by molar-refractivity contribution is 5.75. The van der Waals surface area contributed by atoms with Crippen molar-refractivity contribution in [2.75, 3.05) is 0 Å². The standard InChI is InChI=1S/C11H17NO2/c1-3-11(13)12-9(2)6-7-10-5-4-8-14-10/h4-5,8-9H,3,6-7H2,1-2H3,(H,12,13)/t9-/m0/s1. The van der Waals surface area contributed by atoms with Gasteiger partial charge >= 0.3 is 0 Å². The van der Waals surface area contributed by atoms with E-state index in [1.165, 1.54) is 0 Å². The summed E-state index contributed by atoms with van der Waals surface area (Å²) >= 11 is 0. The van der Waals surface area contributed by atoms with E-state index in [1.807, 2.05) is 26.0 Å². The number of amides is 1. The van der Waals surface area contributed by atoms with Gasteiger partial charge in [0.25, 0.3) is 0 Å². The van der Waals surface area contributed by atoms with Crippen molar-refractivity contribution in [1.82, 2.24) is 5.32 Å². The minimum atomic E-state index is 0.108. The van der Waals surface area contributed by atoms with E-state index < -0.39 is 0 Å². The van der Waals surface area contributed by atoms with Gasteiger partial charge < -0.3 is 9.73 Å². The lowest BCUT2D eigenvalue weighted by atomic mass is 10.1. The van der Waals surface area contributed by atoms with Crippen LogP contribution in [0, 0.1) is 0 Å². The van der Waals surface area contributed by atoms with Crippen LogP contribution in [0.3, 0.4) is 0 Å². The molecule has 1 rings (SSSR count). The largest absolute Gasteiger partial charge is 0.469 e. The highest BCUT2D eigenvalue weighted by Gasteiger charge is 2.06. The zero-order chi connectivity index (χ0) is 10.4. The Bertz CT molecular complexity index is 267. The molecular weight excluding hydrogens is 178 g/mol. The maximum Gasteiger partial charge on any atom is 0.219 e. The molecule has 3 nitrogen and oxygen atoms in total. The molecule has 78 valence electrons. The first-order valence-corrected chi connectivity index (χ1v) is 5.04. The molecule has 0 unspecified atom stereocenters. The second-order valence-corrected chi connectivity index (χ2v) is 3.44. The second kappa shape index (κ2) is 5.47. The lowest BCUT2D eigenvalue weighted by Crippen LogP contribution is -2.32. The molecule has 0 saturated carbocycles. The first-order chi connectivity index (χ1) is 6.72. The molecule has 0 aliphatic carbocycles. The molecule has 1 aromatic rings. The Morgan fingerprint density at radius 3 is 3.00 bits per heavy atom. The number of aryl methyl sites for hydroxylation is 1. The molecule has 1 atom stereocenters. The van der Waals surface area contributed by atoms with Gasteiger partial charge in [-0.15, -0.1) is 0 Å². The topological polar surface area (TPSA) is 42.2 Å². The van der Waals surface area contributed by atoms with Crippen LogP contribution in [-0.4, -0.2) is 11.9 Å². The predicted octanol–water partition coefficient (Wildman–Crippen LogP) is 2.13. The van der Waals surface area contributed by atoms with Gasteiger partial charge in [0.05, 0.1) is 6.26 Å². The smallest absolute Gasteiger partial charge is 0.219 e. The maximum absolute atomic E-state index is 11.0. The summed E-state index contributed by atoms with van der Waals surface area (Å²) < 4.78 is 5.20. The molecule has 0 bridgehead atoms. The van der Waals surface area contributed by atoms with E-state index in [-0.39, 0.29) is 11.9 Å². The molecule has 0 aliphatic rings. The van der Waals surface area contributed by atoms with Crippen LogP contribution in [0.15, 0.2) is 22.8 Å². The van der Waals surface area contributed by atoms with E-state index in [2.05, 4.69) is 5.32 Å². The molecule has 0 aliphatic heterocycles. The Morgan fingerprint density at radius 2 is 2.43 bits per heavy atom. The Hall–Kier alpha value is -1.25. The van der Waals surface area contributed by atoms with Crippen molar-refractivity contribution in [1.29, 1.82) is 0 Å². The minimum Gasteiger partial charge on any atom is -0.469 e. The monoisotopic (exact) mass is 195 g/mol. The van der Waals surface area contributed by atoms with Gasteiger partial charge in [-0.1, -0.05) is 6.92 Å². The highest BCUT2D eigenvalue weighted by Crippen LogP contribution is 2.05. The Labute approximate surface area is 84.5 Å². The fraction of sp³-hybridized carbons (Fsp3) is 0.545. The fourth-order valence-corrected chi connectivity index (χ4v) is 1.26. The van der Waals surface area contributed by atoms with Gasteiger partial charge in [-0.25, -0.2) is 0 Å². The van der Waals surface area contributed by atoms with Crippen LogP contribution in [0.1, 0.15) is 32.4 Å². The van der Waals surface area contributed by atoms with Crippen LogP contribution >= 0.6 is 0 Å². The molecule has 0 saturated heterocycles. The first-order valence-electron chi connectivity index (χ1n) is 5.04. The minimum absolute atomic E-state index is 0.108. The van der Waals surface area contributed by atoms with Crippen molar-refractivity contribution in [3.63, 3.8) is 0 Å². The van der Waals surface area contributed by atoms with E-state index in [1.54, 1.807) is 6.26 Å². The summed E-state index contributed by atoms with van der Waals surface area (Å²) in [6.07, 6.45) is 4.01. The molecule has 3 heteroatoms. The van der Waals surface area contributed by atoms with Crippen LogP contribution in [-0.2, 0) is 11.2 Å². The van der Waals surface area contributed by atoms with E-state index in [0.717, 1.165) is 18.6 Å². The highest BCUT2D eigenvalue weighted by atomic mass is 16.3. The average Bonchev–Trinajstić information content (AvgIpc) is 2.67. The van der Waals surface area contributed by atoms with Crippen molar-refractivity contribution in [2.45, 2.75) is 39.2 Å². The Morgan fingerprint density at radius 1 is 1.64 bits per heavy atom. The summed E-state index contributed by atoms with van der Waals surface area (Å²) in [5.41, 5.74) is 0. The number of hydrogen-bond acceptors (Lipinski definition) is 2. The normalized spacial score (nSPS) is 12.4. The molecule has 1 N–H and O–H groups in total. The summed E-state index contributed by atoms with van der Waals surface area (Å²) in [4.78, 5) is 11.0. The van der Waals surface area contributed by atoms with Gasteiger partial charge in [-0.2, -0.15) is 0 Å². The van der Waals surface area contributed by atoms with E-state index in [9.17, 15) is 4.79 Å². The maximum atomic E-state index is 11.0. The molecule has 1 amide bonds. The molecule has 0 fully saturated rings. The fourth-order valence-electron chi connectivity index (χ4n) is 1.26. The molecule has 1 heterocycles. The van der Waals surface area contributed by atoms with Crippen molar-refractivity contribution in [3.8, 4) is 0 Å². The van der Waals surface area contributed by atoms with E-state index in [0.29, 0.717) is 6.42 Å². The third-order valence-electron chi connectivity index (χ3n) is 2.13. The van der Waals surface area contributed by atoms with Gasteiger partial charge in [0.2, 0.25) is 5.91 Å². The van der Waals surface area contributed by atoms with Crippen LogP contribution in [0.25, 0.3) is 0 Å². The molecule has 0 aromatic carbocycles. The molecule has 14 heavy (non-hydrogen) atoms. The second-order valence-electron chi connectivity index (χ2n) is 3.44. The predicted molar refractivity (Wildman–Crippen MR) is 54.9 cm³/mol. The lowest BCUT2D eigenvalue weighted by Gasteiger charge is -2.11. The number of carbonyl (C=O) groups excluding carboxylic acids is 1. The summed E-state index contributed by atoms with van der Waals surface area (Å²) in [7, 11) is 0. The SMILES string of the molecule is CCC(=O)N[C@@H](C)CCc1ccco1. The molecule has 0 spiro atoms. The van der Waals surface area contributed by atoms with Gasteiger partial charge in [0.15, 0.2) is 0 Å². The van der Waals surface area contributed by atoms with Crippen LogP contribution in [0.4, 0.5) is 0 Å². The quantitative estimate of drug-likeness (QED) is 0.782. The van der Waals surface area contributed by atoms with Crippen molar-refractivity contribution >= 4 is 5.91 Å². The third kappa shape index (κ3) is 3.64. The van der Waals surface area contributed by atoms with Crippen molar-refractivity contribution in [3.05, 3.63) is 24.2 Å². The van der Waals surface area contributed by atoms with Crippen LogP contribution in [0.5, 0.6) is 0 Å². The number of rotatable bonds is 5. The summed E-state index contributed by atoms with van der Waals surface area (Å²) in [6.45, 7) is 3.87.